The fourth-order valence-electron chi connectivity index (χ4n) is 2.57. The van der Waals surface area contributed by atoms with Crippen LogP contribution in [0.4, 0.5) is 5.13 Å². The normalized spacial score (nSPS) is 18.4. The molecule has 0 radical (unpaired) electrons. The Morgan fingerprint density at radius 1 is 1.43 bits per heavy atom. The molecule has 1 aliphatic heterocycles. The van der Waals surface area contributed by atoms with Crippen molar-refractivity contribution in [2.45, 2.75) is 39.2 Å². The summed E-state index contributed by atoms with van der Waals surface area (Å²) < 4.78 is 0. The zero-order valence-electron chi connectivity index (χ0n) is 12.7. The summed E-state index contributed by atoms with van der Waals surface area (Å²) in [6, 6.07) is -0.361. The number of likely N-dealkylation sites (N-methyl/N-ethyl adjacent to an activating group) is 1. The highest BCUT2D eigenvalue weighted by molar-refractivity contribution is 7.17. The summed E-state index contributed by atoms with van der Waals surface area (Å²) in [4.78, 5) is 31.4. The predicted molar refractivity (Wildman–Crippen MR) is 83.8 cm³/mol. The number of anilines is 1. The quantitative estimate of drug-likeness (QED) is 0.886. The van der Waals surface area contributed by atoms with Crippen molar-refractivity contribution < 1.29 is 9.59 Å². The summed E-state index contributed by atoms with van der Waals surface area (Å²) in [6.45, 7) is 5.23. The maximum atomic E-state index is 12.8. The minimum atomic E-state index is -0.361. The Morgan fingerprint density at radius 2 is 2.19 bits per heavy atom. The lowest BCUT2D eigenvalue weighted by Crippen LogP contribution is -2.51. The number of carbonyl (C=O) groups excluding carboxylic acids is 2. The summed E-state index contributed by atoms with van der Waals surface area (Å²) in [5.74, 6) is -0.167. The fourth-order valence-corrected chi connectivity index (χ4v) is 3.56. The van der Waals surface area contributed by atoms with Gasteiger partial charge in [-0.15, -0.1) is 0 Å². The predicted octanol–water partition coefficient (Wildman–Crippen LogP) is 1.62. The van der Waals surface area contributed by atoms with Gasteiger partial charge in [-0.3, -0.25) is 9.59 Å². The fraction of sp³-hybridized carbons (Fsp3) is 0.643. The summed E-state index contributed by atoms with van der Waals surface area (Å²) in [5, 5.41) is 6.54. The second-order valence-corrected chi connectivity index (χ2v) is 6.09. The van der Waals surface area contributed by atoms with E-state index in [1.54, 1.807) is 11.9 Å². The van der Waals surface area contributed by atoms with Gasteiger partial charge in [0.05, 0.1) is 5.69 Å². The van der Waals surface area contributed by atoms with Gasteiger partial charge >= 0.3 is 0 Å². The van der Waals surface area contributed by atoms with Gasteiger partial charge in [-0.2, -0.15) is 0 Å². The first-order chi connectivity index (χ1) is 10.1. The molecule has 1 aliphatic rings. The van der Waals surface area contributed by atoms with E-state index in [4.69, 9.17) is 0 Å². The van der Waals surface area contributed by atoms with E-state index in [1.165, 1.54) is 11.3 Å². The van der Waals surface area contributed by atoms with E-state index in [9.17, 15) is 9.59 Å². The summed E-state index contributed by atoms with van der Waals surface area (Å²) in [5.41, 5.74) is 0.724. The van der Waals surface area contributed by atoms with Crippen LogP contribution in [-0.4, -0.2) is 47.9 Å². The van der Waals surface area contributed by atoms with Crippen LogP contribution in [0.25, 0.3) is 0 Å². The number of nitrogens with one attached hydrogen (secondary N) is 2. The second-order valence-electron chi connectivity index (χ2n) is 5.09. The van der Waals surface area contributed by atoms with Crippen LogP contribution in [0.5, 0.6) is 0 Å². The van der Waals surface area contributed by atoms with Gasteiger partial charge in [0.15, 0.2) is 5.13 Å². The smallest absolute Gasteiger partial charge is 0.266 e. The van der Waals surface area contributed by atoms with Crippen LogP contribution in [-0.2, 0) is 4.79 Å². The number of rotatable bonds is 4. The maximum Gasteiger partial charge on any atom is 0.266 e. The average molecular weight is 310 g/mol. The summed E-state index contributed by atoms with van der Waals surface area (Å²) >= 11 is 1.36. The third-order valence-electron chi connectivity index (χ3n) is 3.63. The SMILES string of the molecule is CCNc1nc(C)c(C(=O)N2CCCCC2C(=O)NC)s1. The van der Waals surface area contributed by atoms with Crippen LogP contribution in [0.1, 0.15) is 41.6 Å². The molecule has 2 heterocycles. The van der Waals surface area contributed by atoms with Crippen molar-refractivity contribution in [1.82, 2.24) is 15.2 Å². The van der Waals surface area contributed by atoms with E-state index in [0.29, 0.717) is 11.4 Å². The van der Waals surface area contributed by atoms with E-state index >= 15 is 0 Å². The molecule has 6 nitrogen and oxygen atoms in total. The Hall–Kier alpha value is -1.63. The standard InChI is InChI=1S/C14H22N4O2S/c1-4-16-14-17-9(2)11(21-14)13(20)18-8-6-5-7-10(18)12(19)15-3/h10H,4-8H2,1-3H3,(H,15,19)(H,16,17). The number of aromatic nitrogens is 1. The third kappa shape index (κ3) is 3.34. The monoisotopic (exact) mass is 310 g/mol. The molecular weight excluding hydrogens is 288 g/mol. The Morgan fingerprint density at radius 3 is 2.86 bits per heavy atom. The van der Waals surface area contributed by atoms with Gasteiger partial charge in [0.2, 0.25) is 5.91 Å². The lowest BCUT2D eigenvalue weighted by Gasteiger charge is -2.34. The van der Waals surface area contributed by atoms with Crippen molar-refractivity contribution in [3.05, 3.63) is 10.6 Å². The number of thiazole rings is 1. The molecule has 21 heavy (non-hydrogen) atoms. The van der Waals surface area contributed by atoms with Gasteiger partial charge in [-0.05, 0) is 33.1 Å². The molecule has 0 aromatic carbocycles. The first-order valence-corrected chi connectivity index (χ1v) is 8.14. The Bertz CT molecular complexity index is 529. The summed E-state index contributed by atoms with van der Waals surface area (Å²) in [7, 11) is 1.61. The highest BCUT2D eigenvalue weighted by Gasteiger charge is 2.33. The Kier molecular flexibility index (Phi) is 5.17. The van der Waals surface area contributed by atoms with Gasteiger partial charge in [-0.25, -0.2) is 4.98 Å². The molecule has 0 saturated carbocycles. The molecule has 2 rings (SSSR count). The van der Waals surface area contributed by atoms with Crippen LogP contribution < -0.4 is 10.6 Å². The topological polar surface area (TPSA) is 74.3 Å². The second kappa shape index (κ2) is 6.89. The lowest BCUT2D eigenvalue weighted by molar-refractivity contribution is -0.126. The van der Waals surface area contributed by atoms with Crippen molar-refractivity contribution in [3.63, 3.8) is 0 Å². The molecule has 1 atom stereocenters. The lowest BCUT2D eigenvalue weighted by atomic mass is 10.0. The number of carbonyl (C=O) groups is 2. The molecule has 1 aromatic heterocycles. The highest BCUT2D eigenvalue weighted by Crippen LogP contribution is 2.27. The molecule has 1 fully saturated rings. The molecule has 1 unspecified atom stereocenters. The largest absolute Gasteiger partial charge is 0.362 e. The van der Waals surface area contributed by atoms with E-state index < -0.39 is 0 Å². The number of hydrogen-bond acceptors (Lipinski definition) is 5. The minimum absolute atomic E-state index is 0.0811. The van der Waals surface area contributed by atoms with E-state index in [1.807, 2.05) is 13.8 Å². The molecule has 1 aromatic rings. The zero-order valence-corrected chi connectivity index (χ0v) is 13.5. The maximum absolute atomic E-state index is 12.8. The molecule has 0 spiro atoms. The van der Waals surface area contributed by atoms with Gasteiger partial charge < -0.3 is 15.5 Å². The van der Waals surface area contributed by atoms with Crippen LogP contribution in [0, 0.1) is 6.92 Å². The van der Waals surface area contributed by atoms with Gasteiger partial charge in [0.1, 0.15) is 10.9 Å². The van der Waals surface area contributed by atoms with Crippen LogP contribution >= 0.6 is 11.3 Å². The molecular formula is C14H22N4O2S. The number of likely N-dealkylation sites (tertiary alicyclic amines) is 1. The van der Waals surface area contributed by atoms with E-state index in [0.717, 1.165) is 36.6 Å². The number of nitrogens with zero attached hydrogens (tertiary/aromatic N) is 2. The van der Waals surface area contributed by atoms with Gasteiger partial charge in [0.25, 0.3) is 5.91 Å². The zero-order chi connectivity index (χ0) is 15.4. The first kappa shape index (κ1) is 15.8. The summed E-state index contributed by atoms with van der Waals surface area (Å²) in [6.07, 6.45) is 2.65. The van der Waals surface area contributed by atoms with Crippen LogP contribution in [0.3, 0.4) is 0 Å². The molecule has 0 bridgehead atoms. The molecule has 2 N–H and O–H groups in total. The Labute approximate surface area is 128 Å². The average Bonchev–Trinajstić information content (AvgIpc) is 2.86. The number of hydrogen-bond donors (Lipinski definition) is 2. The van der Waals surface area contributed by atoms with Crippen LogP contribution in [0.2, 0.25) is 0 Å². The molecule has 0 aliphatic carbocycles. The van der Waals surface area contributed by atoms with Crippen molar-refractivity contribution in [3.8, 4) is 0 Å². The van der Waals surface area contributed by atoms with E-state index in [-0.39, 0.29) is 17.9 Å². The highest BCUT2D eigenvalue weighted by atomic mass is 32.1. The number of amides is 2. The van der Waals surface area contributed by atoms with Gasteiger partial charge in [0, 0.05) is 20.1 Å². The molecule has 116 valence electrons. The number of piperidine rings is 1. The van der Waals surface area contributed by atoms with Crippen molar-refractivity contribution >= 4 is 28.3 Å². The molecule has 2 amide bonds. The first-order valence-electron chi connectivity index (χ1n) is 7.32. The van der Waals surface area contributed by atoms with Crippen LogP contribution in [0.15, 0.2) is 0 Å². The number of aryl methyl sites for hydroxylation is 1. The van der Waals surface area contributed by atoms with E-state index in [2.05, 4.69) is 15.6 Å². The van der Waals surface area contributed by atoms with Crippen molar-refractivity contribution in [2.24, 2.45) is 0 Å². The minimum Gasteiger partial charge on any atom is -0.362 e. The van der Waals surface area contributed by atoms with Crippen molar-refractivity contribution in [1.29, 1.82) is 0 Å². The third-order valence-corrected chi connectivity index (χ3v) is 4.73. The molecule has 1 saturated heterocycles. The Balaban J connectivity index is 2.22. The molecule has 7 heteroatoms. The van der Waals surface area contributed by atoms with Gasteiger partial charge in [-0.1, -0.05) is 11.3 Å². The van der Waals surface area contributed by atoms with Crippen molar-refractivity contribution in [2.75, 3.05) is 25.5 Å².